The molecule has 1 aromatic carbocycles. The van der Waals surface area contributed by atoms with Crippen molar-refractivity contribution in [2.75, 3.05) is 0 Å². The number of benzene rings is 1. The van der Waals surface area contributed by atoms with E-state index in [0.717, 1.165) is 29.7 Å². The van der Waals surface area contributed by atoms with Gasteiger partial charge in [-0.2, -0.15) is 0 Å². The Morgan fingerprint density at radius 2 is 1.03 bits per heavy atom. The van der Waals surface area contributed by atoms with Gasteiger partial charge in [0.25, 0.3) is 0 Å². The highest BCUT2D eigenvalue weighted by Crippen LogP contribution is 2.29. The highest BCUT2D eigenvalue weighted by molar-refractivity contribution is 5.19. The van der Waals surface area contributed by atoms with E-state index < -0.39 is 0 Å². The topological polar surface area (TPSA) is 0 Å². The van der Waals surface area contributed by atoms with Crippen LogP contribution in [-0.2, 0) is 0 Å². The van der Waals surface area contributed by atoms with Crippen LogP contribution in [0.15, 0.2) is 47.3 Å². The summed E-state index contributed by atoms with van der Waals surface area (Å²) in [5.74, 6) is 3.68. The summed E-state index contributed by atoms with van der Waals surface area (Å²) in [5.41, 5.74) is 5.21. The van der Waals surface area contributed by atoms with Crippen molar-refractivity contribution < 1.29 is 5.82 Å². The van der Waals surface area contributed by atoms with E-state index in [1.54, 1.807) is 5.57 Å². The Morgan fingerprint density at radius 1 is 0.611 bits per heavy atom. The SMILES string of the molecule is C.C.C.CC1=C(F)CC(C)CC1.CC1=CCC(C)CC1.CC1CCC(C)CC1.Cc1ccc(C)cc1.[HH]. The molecule has 36 heavy (non-hydrogen) atoms. The van der Waals surface area contributed by atoms with Crippen LogP contribution in [0.2, 0.25) is 0 Å². The summed E-state index contributed by atoms with van der Waals surface area (Å²) >= 11 is 0. The van der Waals surface area contributed by atoms with Crippen LogP contribution in [0.25, 0.3) is 0 Å². The second kappa shape index (κ2) is 21.7. The monoisotopic (exact) mass is 507 g/mol. The van der Waals surface area contributed by atoms with Crippen LogP contribution < -0.4 is 0 Å². The minimum absolute atomic E-state index is 0. The van der Waals surface area contributed by atoms with Crippen LogP contribution in [0.1, 0.15) is 141 Å². The Morgan fingerprint density at radius 3 is 1.33 bits per heavy atom. The molecule has 1 saturated carbocycles. The van der Waals surface area contributed by atoms with Gasteiger partial charge >= 0.3 is 0 Å². The first kappa shape index (κ1) is 39.1. The summed E-state index contributed by atoms with van der Waals surface area (Å²) in [7, 11) is 0. The minimum Gasteiger partial charge on any atom is -0.212 e. The van der Waals surface area contributed by atoms with Crippen LogP contribution in [0, 0.1) is 37.5 Å². The highest BCUT2D eigenvalue weighted by Gasteiger charge is 2.14. The third kappa shape index (κ3) is 18.8. The van der Waals surface area contributed by atoms with Gasteiger partial charge in [0.05, 0.1) is 5.83 Å². The molecule has 0 saturated heterocycles. The van der Waals surface area contributed by atoms with E-state index in [-0.39, 0.29) is 29.5 Å². The summed E-state index contributed by atoms with van der Waals surface area (Å²) in [6.45, 7) is 17.5. The molecule has 0 nitrogen and oxygen atoms in total. The minimum atomic E-state index is 0. The van der Waals surface area contributed by atoms with Gasteiger partial charge in [-0.15, -0.1) is 0 Å². The molecule has 0 aliphatic heterocycles. The number of aryl methyl sites for hydroxylation is 2. The van der Waals surface area contributed by atoms with Crippen LogP contribution >= 0.6 is 0 Å². The summed E-state index contributed by atoms with van der Waals surface area (Å²) in [6, 6.07) is 8.48. The average molecular weight is 507 g/mol. The lowest BCUT2D eigenvalue weighted by Crippen LogP contribution is -2.08. The van der Waals surface area contributed by atoms with E-state index in [0.29, 0.717) is 12.3 Å². The molecule has 0 radical (unpaired) electrons. The molecular formula is C35H67F. The number of allylic oxidation sites excluding steroid dienone is 4. The smallest absolute Gasteiger partial charge is 0.0991 e. The zero-order valence-electron chi connectivity index (χ0n) is 23.1. The van der Waals surface area contributed by atoms with Crippen molar-refractivity contribution in [2.24, 2.45) is 23.7 Å². The van der Waals surface area contributed by atoms with Crippen molar-refractivity contribution in [2.45, 2.75) is 142 Å². The summed E-state index contributed by atoms with van der Waals surface area (Å²) < 4.78 is 12.7. The van der Waals surface area contributed by atoms with Crippen LogP contribution in [-0.4, -0.2) is 0 Å². The van der Waals surface area contributed by atoms with E-state index in [2.05, 4.69) is 78.8 Å². The predicted molar refractivity (Wildman–Crippen MR) is 169 cm³/mol. The Labute approximate surface area is 229 Å². The number of hydrogen-bond acceptors (Lipinski definition) is 0. The summed E-state index contributed by atoms with van der Waals surface area (Å²) in [5, 5.41) is 0. The van der Waals surface area contributed by atoms with Crippen LogP contribution in [0.4, 0.5) is 4.39 Å². The van der Waals surface area contributed by atoms with Crippen molar-refractivity contribution in [3.05, 3.63) is 58.4 Å². The van der Waals surface area contributed by atoms with E-state index in [1.165, 1.54) is 62.5 Å². The van der Waals surface area contributed by atoms with E-state index in [4.69, 9.17) is 0 Å². The fourth-order valence-electron chi connectivity index (χ4n) is 4.34. The molecule has 2 unspecified atom stereocenters. The molecule has 0 amide bonds. The van der Waals surface area contributed by atoms with E-state index in [9.17, 15) is 4.39 Å². The van der Waals surface area contributed by atoms with Gasteiger partial charge in [-0.1, -0.05) is 123 Å². The third-order valence-electron chi connectivity index (χ3n) is 7.43. The molecule has 2 atom stereocenters. The Hall–Kier alpha value is -1.37. The first-order valence-corrected chi connectivity index (χ1v) is 13.6. The quantitative estimate of drug-likeness (QED) is 0.307. The molecule has 0 spiro atoms. The van der Waals surface area contributed by atoms with Gasteiger partial charge in [0.1, 0.15) is 0 Å². The van der Waals surface area contributed by atoms with Crippen molar-refractivity contribution in [3.8, 4) is 0 Å². The van der Waals surface area contributed by atoms with Crippen molar-refractivity contribution in [3.63, 3.8) is 0 Å². The molecule has 0 aromatic heterocycles. The summed E-state index contributed by atoms with van der Waals surface area (Å²) in [6.07, 6.45) is 15.1. The maximum atomic E-state index is 12.7. The first-order chi connectivity index (χ1) is 15.6. The molecule has 1 fully saturated rings. The molecule has 0 bridgehead atoms. The maximum Gasteiger partial charge on any atom is 0.0991 e. The van der Waals surface area contributed by atoms with E-state index in [1.807, 2.05) is 6.92 Å². The van der Waals surface area contributed by atoms with Crippen LogP contribution in [0.3, 0.4) is 0 Å². The largest absolute Gasteiger partial charge is 0.212 e. The number of halogens is 1. The van der Waals surface area contributed by atoms with Gasteiger partial charge in [0.2, 0.25) is 0 Å². The molecule has 0 heterocycles. The van der Waals surface area contributed by atoms with E-state index >= 15 is 0 Å². The van der Waals surface area contributed by atoms with Crippen LogP contribution in [0.5, 0.6) is 0 Å². The Balaban J connectivity index is -0.000000190. The lowest BCUT2D eigenvalue weighted by Gasteiger charge is -2.22. The first-order valence-electron chi connectivity index (χ1n) is 13.6. The van der Waals surface area contributed by atoms with Gasteiger partial charge < -0.3 is 0 Å². The average Bonchev–Trinajstić information content (AvgIpc) is 2.79. The molecular weight excluding hydrogens is 439 g/mol. The molecule has 3 aliphatic carbocycles. The zero-order valence-corrected chi connectivity index (χ0v) is 23.1. The molecule has 0 N–H and O–H groups in total. The molecule has 3 aliphatic rings. The highest BCUT2D eigenvalue weighted by atomic mass is 19.1. The second-order valence-corrected chi connectivity index (χ2v) is 11.5. The lowest BCUT2D eigenvalue weighted by molar-refractivity contribution is 0.308. The van der Waals surface area contributed by atoms with Gasteiger partial charge in [0, 0.05) is 7.85 Å². The number of rotatable bonds is 0. The molecule has 4 rings (SSSR count). The van der Waals surface area contributed by atoms with Gasteiger partial charge in [0.15, 0.2) is 0 Å². The molecule has 1 heteroatoms. The third-order valence-corrected chi connectivity index (χ3v) is 7.43. The lowest BCUT2D eigenvalue weighted by atomic mass is 9.84. The number of hydrogen-bond donors (Lipinski definition) is 0. The Kier molecular flexibility index (Phi) is 23.6. The fraction of sp³-hybridized carbons (Fsp3) is 0.714. The predicted octanol–water partition coefficient (Wildman–Crippen LogP) is 13.1. The van der Waals surface area contributed by atoms with Gasteiger partial charge in [-0.3, -0.25) is 0 Å². The van der Waals surface area contributed by atoms with Crippen molar-refractivity contribution >= 4 is 0 Å². The Bertz CT molecular complexity index is 676. The zero-order chi connectivity index (χ0) is 24.8. The second-order valence-electron chi connectivity index (χ2n) is 11.5. The van der Waals surface area contributed by atoms with Gasteiger partial charge in [-0.25, -0.2) is 4.39 Å². The van der Waals surface area contributed by atoms with Crippen molar-refractivity contribution in [1.82, 2.24) is 0 Å². The fourth-order valence-corrected chi connectivity index (χ4v) is 4.34. The molecule has 214 valence electrons. The summed E-state index contributed by atoms with van der Waals surface area (Å²) in [4.78, 5) is 0. The standard InChI is InChI=1S/C8H13F.C8H16.C8H14.C8H10.3CH4.H2/c1-6-3-4-7(2)8(9)5-6;3*1-7-3-5-8(2)6-4-7;;;;/h6H,3-5H2,1-2H3;7-8H,3-6H2,1-2H3;3,8H,4-6H2,1-2H3;3-6H,1-2H3;3*1H4;1H. The maximum absolute atomic E-state index is 12.7. The normalized spacial score (nSPS) is 24.8. The van der Waals surface area contributed by atoms with Gasteiger partial charge in [-0.05, 0) is 89.0 Å². The molecule has 1 aromatic rings. The van der Waals surface area contributed by atoms with Crippen molar-refractivity contribution in [1.29, 1.82) is 0 Å².